The maximum Gasteiger partial charge on any atom is 0.182 e. The first-order valence-electron chi connectivity index (χ1n) is 25.0. The molecular formula is C67H40N8. The molecule has 6 aromatic carbocycles. The van der Waals surface area contributed by atoms with Crippen LogP contribution in [0, 0.1) is 11.8 Å². The Hall–Kier alpha value is -10.5. The van der Waals surface area contributed by atoms with Crippen LogP contribution in [0.15, 0.2) is 200 Å². The summed E-state index contributed by atoms with van der Waals surface area (Å²) in [6, 6.07) is 66.6. The van der Waals surface area contributed by atoms with Crippen molar-refractivity contribution in [2.45, 2.75) is 0 Å². The molecule has 6 aliphatic heterocycles. The van der Waals surface area contributed by atoms with Gasteiger partial charge < -0.3 is 15.0 Å². The fourth-order valence-corrected chi connectivity index (χ4v) is 10.8. The molecule has 0 aliphatic carbocycles. The molecule has 348 valence electrons. The van der Waals surface area contributed by atoms with Gasteiger partial charge in [0.2, 0.25) is 0 Å². The van der Waals surface area contributed by atoms with E-state index >= 15 is 0 Å². The van der Waals surface area contributed by atoms with Crippen LogP contribution >= 0.6 is 0 Å². The van der Waals surface area contributed by atoms with Gasteiger partial charge in [-0.05, 0) is 124 Å². The topological polar surface area (TPSA) is 112 Å². The Kier molecular flexibility index (Phi) is 9.62. The number of benzene rings is 6. The minimum Gasteiger partial charge on any atom is -0.355 e. The molecule has 0 fully saturated rings. The van der Waals surface area contributed by atoms with Gasteiger partial charge in [0, 0.05) is 78.6 Å². The van der Waals surface area contributed by atoms with Crippen molar-refractivity contribution in [1.82, 2.24) is 39.9 Å². The normalized spacial score (nSPS) is 12.1. The number of aromatic nitrogens is 8. The molecule has 6 aromatic heterocycles. The van der Waals surface area contributed by atoms with Crippen LogP contribution in [0.3, 0.4) is 0 Å². The van der Waals surface area contributed by atoms with Crippen molar-refractivity contribution in [3.05, 3.63) is 235 Å². The van der Waals surface area contributed by atoms with E-state index in [2.05, 4.69) is 244 Å². The second-order valence-electron chi connectivity index (χ2n) is 19.0. The maximum absolute atomic E-state index is 5.60. The first-order valence-corrected chi connectivity index (χ1v) is 25.0. The second kappa shape index (κ2) is 17.1. The summed E-state index contributed by atoms with van der Waals surface area (Å²) in [6.07, 6.45) is 12.0. The van der Waals surface area contributed by atoms with Crippen LogP contribution in [0.2, 0.25) is 0 Å². The highest BCUT2D eigenvalue weighted by molar-refractivity contribution is 6.05. The molecule has 12 heterocycles. The Morgan fingerprint density at radius 1 is 0.373 bits per heavy atom. The zero-order chi connectivity index (χ0) is 49.4. The molecule has 0 radical (unpaired) electrons. The van der Waals surface area contributed by atoms with Gasteiger partial charge in [-0.25, -0.2) is 24.9 Å². The Morgan fingerprint density at radius 3 is 1.49 bits per heavy atom. The van der Waals surface area contributed by atoms with Gasteiger partial charge in [0.1, 0.15) is 0 Å². The van der Waals surface area contributed by atoms with Crippen molar-refractivity contribution in [2.24, 2.45) is 0 Å². The molecule has 8 heteroatoms. The Labute approximate surface area is 430 Å². The van der Waals surface area contributed by atoms with Gasteiger partial charge in [-0.2, -0.15) is 0 Å². The third-order valence-corrected chi connectivity index (χ3v) is 14.5. The summed E-state index contributed by atoms with van der Waals surface area (Å²) in [5.74, 6) is 7.03. The quantitative estimate of drug-likeness (QED) is 0.112. The average Bonchev–Trinajstić information content (AvgIpc) is 4.36. The van der Waals surface area contributed by atoms with Gasteiger partial charge in [0.05, 0.1) is 45.2 Å². The van der Waals surface area contributed by atoms with E-state index in [1.165, 1.54) is 0 Å². The molecule has 12 aromatic rings. The van der Waals surface area contributed by atoms with Crippen LogP contribution in [0.4, 0.5) is 0 Å². The third-order valence-electron chi connectivity index (χ3n) is 14.5. The van der Waals surface area contributed by atoms with E-state index in [1.807, 2.05) is 0 Å². The van der Waals surface area contributed by atoms with Crippen LogP contribution in [-0.2, 0) is 0 Å². The van der Waals surface area contributed by atoms with E-state index in [4.69, 9.17) is 19.9 Å². The summed E-state index contributed by atoms with van der Waals surface area (Å²) in [7, 11) is 0. The smallest absolute Gasteiger partial charge is 0.182 e. The lowest BCUT2D eigenvalue weighted by molar-refractivity contribution is 1.25. The number of nitrogens with zero attached hydrogens (tertiary/aromatic N) is 5. The first-order chi connectivity index (χ1) is 37.1. The van der Waals surface area contributed by atoms with Crippen LogP contribution in [-0.4, -0.2) is 39.9 Å². The molecule has 18 bridgehead atoms. The van der Waals surface area contributed by atoms with E-state index < -0.39 is 0 Å². The summed E-state index contributed by atoms with van der Waals surface area (Å²) in [5.41, 5.74) is 23.8. The molecule has 0 amide bonds. The number of pyridine rings is 2. The van der Waals surface area contributed by atoms with E-state index in [0.29, 0.717) is 5.82 Å². The molecule has 0 saturated carbocycles. The van der Waals surface area contributed by atoms with Crippen molar-refractivity contribution < 1.29 is 0 Å². The average molecular weight is 957 g/mol. The van der Waals surface area contributed by atoms with Crippen molar-refractivity contribution in [3.63, 3.8) is 0 Å². The van der Waals surface area contributed by atoms with Crippen LogP contribution in [0.1, 0.15) is 34.2 Å². The molecule has 0 saturated heterocycles. The fourth-order valence-electron chi connectivity index (χ4n) is 10.8. The van der Waals surface area contributed by atoms with Crippen molar-refractivity contribution >= 4 is 68.2 Å². The first kappa shape index (κ1) is 42.2. The summed E-state index contributed by atoms with van der Waals surface area (Å²) < 4.78 is 0. The molecule has 0 spiro atoms. The minimum absolute atomic E-state index is 0.619. The summed E-state index contributed by atoms with van der Waals surface area (Å²) >= 11 is 0. The summed E-state index contributed by atoms with van der Waals surface area (Å²) in [5, 5.41) is 2.09. The zero-order valence-corrected chi connectivity index (χ0v) is 40.1. The molecule has 75 heavy (non-hydrogen) atoms. The van der Waals surface area contributed by atoms with E-state index in [-0.39, 0.29) is 0 Å². The van der Waals surface area contributed by atoms with Crippen molar-refractivity contribution in [2.75, 3.05) is 0 Å². The number of aromatic amines is 3. The number of H-pyrrole nitrogens is 3. The lowest BCUT2D eigenvalue weighted by Gasteiger charge is -2.13. The molecule has 18 rings (SSSR count). The van der Waals surface area contributed by atoms with Crippen LogP contribution in [0.25, 0.3) is 146 Å². The number of hydrogen-bond donors (Lipinski definition) is 3. The number of hydrogen-bond acceptors (Lipinski definition) is 5. The Morgan fingerprint density at radius 2 is 0.880 bits per heavy atom. The van der Waals surface area contributed by atoms with E-state index in [1.54, 1.807) is 12.4 Å². The predicted octanol–water partition coefficient (Wildman–Crippen LogP) is 15.9. The third kappa shape index (κ3) is 7.37. The number of nitrogens with one attached hydrogen (secondary N) is 3. The van der Waals surface area contributed by atoms with Crippen LogP contribution in [0.5, 0.6) is 0 Å². The molecule has 8 nitrogen and oxygen atoms in total. The predicted molar refractivity (Wildman–Crippen MR) is 306 cm³/mol. The Balaban J connectivity index is 1.04. The fraction of sp³-hybridized carbons (Fsp3) is 0. The van der Waals surface area contributed by atoms with Crippen molar-refractivity contribution in [1.29, 1.82) is 0 Å². The summed E-state index contributed by atoms with van der Waals surface area (Å²) in [6.45, 7) is 0. The largest absolute Gasteiger partial charge is 0.355 e. The summed E-state index contributed by atoms with van der Waals surface area (Å²) in [4.78, 5) is 36.7. The van der Waals surface area contributed by atoms with Gasteiger partial charge in [0.15, 0.2) is 5.82 Å². The Bertz CT molecular complexity index is 4470. The maximum atomic E-state index is 5.60. The molecule has 6 aliphatic rings. The van der Waals surface area contributed by atoms with Gasteiger partial charge in [-0.1, -0.05) is 139 Å². The van der Waals surface area contributed by atoms with Gasteiger partial charge >= 0.3 is 0 Å². The van der Waals surface area contributed by atoms with Gasteiger partial charge in [0.25, 0.3) is 0 Å². The molecular weight excluding hydrogens is 917 g/mol. The lowest BCUT2D eigenvalue weighted by atomic mass is 9.92. The van der Waals surface area contributed by atoms with Gasteiger partial charge in [-0.15, -0.1) is 0 Å². The van der Waals surface area contributed by atoms with E-state index in [0.717, 1.165) is 150 Å². The number of rotatable bonds is 1. The van der Waals surface area contributed by atoms with E-state index in [9.17, 15) is 0 Å². The second-order valence-corrected chi connectivity index (χ2v) is 19.0. The standard InChI is InChI=1S/C67H40N8/c1-3-7-52-50(5-1)41-14-18-43(19-15-41)54-28-24-46-22-23-47-25-29-55(75-67(47)66(46)74-54)44-20-16-42(17-21-44)51-6-2-4-8-53(51)65-59-31-27-49(71-59)39-48-26-30-58(70-48)64(52)60-34-32-56(72-60)63(57-33-35-61(65)73-57)45-12-9-40(10-13-45)11-36-62-68-37-38-69-62/h1-10,12-35,37-39,70,73H,(H,68,69). The SMILES string of the molecule is C(#Cc1ncc[nH]1)c1ccc(-c2c3nc(c4c5ccc(cc6nc(c(c7ccc2[nH]7)-c2ccccc2-c2ccc(cc2)-c2ccc7ccc8ccc(nc8c7n2)-c2ccc(cc2)-c2ccccc2-4)C=C6)[nH]5)C=C3)cc1. The molecule has 3 N–H and O–H groups in total. The monoisotopic (exact) mass is 956 g/mol. The van der Waals surface area contributed by atoms with Gasteiger partial charge in [-0.3, -0.25) is 0 Å². The number of fused-ring (bicyclic) bond motifs is 2. The highest BCUT2D eigenvalue weighted by atomic mass is 14.9. The lowest BCUT2D eigenvalue weighted by Crippen LogP contribution is -1.92. The molecule has 0 unspecified atom stereocenters. The minimum atomic E-state index is 0.619. The number of imidazole rings is 1. The van der Waals surface area contributed by atoms with Crippen LogP contribution < -0.4 is 0 Å². The highest BCUT2D eigenvalue weighted by Gasteiger charge is 2.21. The van der Waals surface area contributed by atoms with Crippen molar-refractivity contribution in [3.8, 4) is 90.0 Å². The highest BCUT2D eigenvalue weighted by Crippen LogP contribution is 2.42. The zero-order valence-electron chi connectivity index (χ0n) is 40.1. The molecule has 0 atom stereocenters.